The predicted octanol–water partition coefficient (Wildman–Crippen LogP) is 1.72. The average Bonchev–Trinajstić information content (AvgIpc) is 2.01. The van der Waals surface area contributed by atoms with E-state index in [2.05, 4.69) is 0 Å². The lowest BCUT2D eigenvalue weighted by Gasteiger charge is -2.10. The molecule has 0 atom stereocenters. The van der Waals surface area contributed by atoms with Crippen molar-refractivity contribution in [2.24, 2.45) is 0 Å². The van der Waals surface area contributed by atoms with Gasteiger partial charge in [-0.15, -0.1) is 0 Å². The molecule has 0 bridgehead atoms. The fourth-order valence-electron chi connectivity index (χ4n) is 0.872. The first-order valence-electron chi connectivity index (χ1n) is 3.40. The van der Waals surface area contributed by atoms with Crippen molar-refractivity contribution in [1.82, 2.24) is 0 Å². The standard InChI is InChI=1S/C8H4ClF3O2/c9-6-3-4(7(13)14)1-2-5(6)8(10,11)12/h1-3H,(H,13,14)/p-1. The number of halogens is 4. The zero-order valence-corrected chi connectivity index (χ0v) is 7.32. The molecule has 1 rings (SSSR count). The monoisotopic (exact) mass is 223 g/mol. The van der Waals surface area contributed by atoms with Crippen molar-refractivity contribution in [3.63, 3.8) is 0 Å². The second-order valence-corrected chi connectivity index (χ2v) is 2.89. The number of hydrogen-bond donors (Lipinski definition) is 0. The second kappa shape index (κ2) is 3.49. The van der Waals surface area contributed by atoms with Gasteiger partial charge in [-0.05, 0) is 17.7 Å². The van der Waals surface area contributed by atoms with Crippen LogP contribution in [0.5, 0.6) is 0 Å². The van der Waals surface area contributed by atoms with Gasteiger partial charge in [-0.2, -0.15) is 13.2 Å². The lowest BCUT2D eigenvalue weighted by molar-refractivity contribution is -0.255. The fourth-order valence-corrected chi connectivity index (χ4v) is 1.16. The van der Waals surface area contributed by atoms with E-state index in [9.17, 15) is 23.1 Å². The summed E-state index contributed by atoms with van der Waals surface area (Å²) in [5.74, 6) is -1.57. The molecule has 0 aromatic heterocycles. The number of benzene rings is 1. The summed E-state index contributed by atoms with van der Waals surface area (Å²) in [7, 11) is 0. The Morgan fingerprint density at radius 2 is 1.93 bits per heavy atom. The van der Waals surface area contributed by atoms with Gasteiger partial charge in [0.25, 0.3) is 0 Å². The van der Waals surface area contributed by atoms with Crippen molar-refractivity contribution in [3.05, 3.63) is 34.3 Å². The molecular weight excluding hydrogens is 221 g/mol. The Hall–Kier alpha value is -1.23. The maximum absolute atomic E-state index is 12.1. The highest BCUT2D eigenvalue weighted by molar-refractivity contribution is 6.31. The van der Waals surface area contributed by atoms with Crippen molar-refractivity contribution < 1.29 is 23.1 Å². The molecule has 76 valence electrons. The van der Waals surface area contributed by atoms with Crippen molar-refractivity contribution in [1.29, 1.82) is 0 Å². The first kappa shape index (κ1) is 10.8. The molecule has 0 aliphatic carbocycles. The van der Waals surface area contributed by atoms with Gasteiger partial charge in [0, 0.05) is 0 Å². The minimum atomic E-state index is -4.58. The van der Waals surface area contributed by atoms with Crippen LogP contribution in [0.4, 0.5) is 13.2 Å². The van der Waals surface area contributed by atoms with Gasteiger partial charge in [0.2, 0.25) is 0 Å². The molecule has 2 nitrogen and oxygen atoms in total. The maximum Gasteiger partial charge on any atom is 0.417 e. The summed E-state index contributed by atoms with van der Waals surface area (Å²) < 4.78 is 36.4. The summed E-state index contributed by atoms with van der Waals surface area (Å²) >= 11 is 5.25. The highest BCUT2D eigenvalue weighted by Crippen LogP contribution is 2.34. The highest BCUT2D eigenvalue weighted by Gasteiger charge is 2.32. The van der Waals surface area contributed by atoms with Crippen LogP contribution in [0.2, 0.25) is 5.02 Å². The molecule has 1 aromatic carbocycles. The third-order valence-electron chi connectivity index (χ3n) is 1.51. The van der Waals surface area contributed by atoms with Crippen LogP contribution < -0.4 is 5.11 Å². The van der Waals surface area contributed by atoms with Gasteiger partial charge < -0.3 is 9.90 Å². The average molecular weight is 224 g/mol. The molecule has 0 saturated carbocycles. The highest BCUT2D eigenvalue weighted by atomic mass is 35.5. The Bertz CT molecular complexity index is 373. The van der Waals surface area contributed by atoms with Crippen LogP contribution in [-0.4, -0.2) is 5.97 Å². The summed E-state index contributed by atoms with van der Waals surface area (Å²) in [6.45, 7) is 0. The van der Waals surface area contributed by atoms with E-state index in [1.807, 2.05) is 0 Å². The molecule has 0 saturated heterocycles. The number of carbonyl (C=O) groups is 1. The van der Waals surface area contributed by atoms with Gasteiger partial charge in [-0.3, -0.25) is 0 Å². The molecule has 0 aliphatic heterocycles. The minimum absolute atomic E-state index is 0.386. The van der Waals surface area contributed by atoms with Crippen LogP contribution in [-0.2, 0) is 6.18 Å². The normalized spacial score (nSPS) is 11.4. The number of carboxylic acids is 1. The van der Waals surface area contributed by atoms with Crippen molar-refractivity contribution in [3.8, 4) is 0 Å². The molecule has 0 N–H and O–H groups in total. The van der Waals surface area contributed by atoms with E-state index in [1.165, 1.54) is 0 Å². The molecular formula is C8H3ClF3O2-. The third-order valence-corrected chi connectivity index (χ3v) is 1.82. The van der Waals surface area contributed by atoms with Gasteiger partial charge >= 0.3 is 6.18 Å². The summed E-state index contributed by atoms with van der Waals surface area (Å²) in [6.07, 6.45) is -4.58. The first-order chi connectivity index (χ1) is 6.32. The van der Waals surface area contributed by atoms with Crippen LogP contribution in [0.3, 0.4) is 0 Å². The predicted molar refractivity (Wildman–Crippen MR) is 40.8 cm³/mol. The van der Waals surface area contributed by atoms with E-state index in [-0.39, 0.29) is 5.56 Å². The quantitative estimate of drug-likeness (QED) is 0.727. The zero-order valence-electron chi connectivity index (χ0n) is 6.56. The van der Waals surface area contributed by atoms with E-state index in [4.69, 9.17) is 11.6 Å². The van der Waals surface area contributed by atoms with Crippen LogP contribution in [0, 0.1) is 0 Å². The fraction of sp³-hybridized carbons (Fsp3) is 0.125. The number of carboxylic acid groups (broad SMARTS) is 1. The number of carbonyl (C=O) groups excluding carboxylic acids is 1. The van der Waals surface area contributed by atoms with Crippen molar-refractivity contribution in [2.75, 3.05) is 0 Å². The van der Waals surface area contributed by atoms with Crippen molar-refractivity contribution in [2.45, 2.75) is 6.18 Å². The van der Waals surface area contributed by atoms with E-state index in [1.54, 1.807) is 0 Å². The van der Waals surface area contributed by atoms with Crippen molar-refractivity contribution >= 4 is 17.6 Å². The molecule has 6 heteroatoms. The lowest BCUT2D eigenvalue weighted by atomic mass is 10.1. The molecule has 0 aliphatic rings. The zero-order chi connectivity index (χ0) is 10.9. The molecule has 0 heterocycles. The third kappa shape index (κ3) is 2.17. The largest absolute Gasteiger partial charge is 0.545 e. The van der Waals surface area contributed by atoms with Gasteiger partial charge in [0.15, 0.2) is 0 Å². The van der Waals surface area contributed by atoms with Crippen LogP contribution >= 0.6 is 11.6 Å². The summed E-state index contributed by atoms with van der Waals surface area (Å²) in [5.41, 5.74) is -1.45. The number of aromatic carboxylic acids is 1. The Morgan fingerprint density at radius 1 is 1.36 bits per heavy atom. The van der Waals surface area contributed by atoms with Gasteiger partial charge in [0.1, 0.15) is 0 Å². The van der Waals surface area contributed by atoms with E-state index in [0.29, 0.717) is 12.1 Å². The molecule has 1 aromatic rings. The Morgan fingerprint density at radius 3 is 2.29 bits per heavy atom. The number of alkyl halides is 3. The first-order valence-corrected chi connectivity index (χ1v) is 3.78. The molecule has 14 heavy (non-hydrogen) atoms. The molecule has 0 amide bonds. The smallest absolute Gasteiger partial charge is 0.417 e. The molecule has 0 fully saturated rings. The second-order valence-electron chi connectivity index (χ2n) is 2.48. The van der Waals surface area contributed by atoms with Gasteiger partial charge in [0.05, 0.1) is 16.6 Å². The number of rotatable bonds is 1. The maximum atomic E-state index is 12.1. The summed E-state index contributed by atoms with van der Waals surface area (Å²) in [5, 5.41) is 9.61. The van der Waals surface area contributed by atoms with E-state index >= 15 is 0 Å². The molecule has 0 unspecified atom stereocenters. The van der Waals surface area contributed by atoms with E-state index < -0.39 is 22.7 Å². The van der Waals surface area contributed by atoms with Gasteiger partial charge in [-0.25, -0.2) is 0 Å². The topological polar surface area (TPSA) is 40.1 Å². The van der Waals surface area contributed by atoms with Crippen LogP contribution in [0.15, 0.2) is 18.2 Å². The Labute approximate surface area is 81.9 Å². The Kier molecular flexibility index (Phi) is 2.71. The lowest BCUT2D eigenvalue weighted by Crippen LogP contribution is -2.22. The van der Waals surface area contributed by atoms with Gasteiger partial charge in [-0.1, -0.05) is 17.7 Å². The van der Waals surface area contributed by atoms with Crippen LogP contribution in [0.25, 0.3) is 0 Å². The van der Waals surface area contributed by atoms with E-state index in [0.717, 1.165) is 6.07 Å². The summed E-state index contributed by atoms with van der Waals surface area (Å²) in [6, 6.07) is 2.11. The van der Waals surface area contributed by atoms with Crippen LogP contribution in [0.1, 0.15) is 15.9 Å². The summed E-state index contributed by atoms with van der Waals surface area (Å²) in [4.78, 5) is 10.3. The number of hydrogen-bond acceptors (Lipinski definition) is 2. The molecule has 0 spiro atoms. The molecule has 0 radical (unpaired) electrons. The minimum Gasteiger partial charge on any atom is -0.545 e. The SMILES string of the molecule is O=C([O-])c1ccc(C(F)(F)F)c(Cl)c1. The Balaban J connectivity index is 3.21.